The fraction of sp³-hybridized carbons (Fsp3) is 0.480. The zero-order valence-electron chi connectivity index (χ0n) is 19.7. The van der Waals surface area contributed by atoms with Crippen LogP contribution in [0.1, 0.15) is 20.8 Å². The van der Waals surface area contributed by atoms with Crippen molar-refractivity contribution in [3.63, 3.8) is 0 Å². The summed E-state index contributed by atoms with van der Waals surface area (Å²) in [5.74, 6) is 0. The minimum Gasteiger partial charge on any atom is -0.444 e. The van der Waals surface area contributed by atoms with Gasteiger partial charge < -0.3 is 24.8 Å². The zero-order valence-corrected chi connectivity index (χ0v) is 22.9. The van der Waals surface area contributed by atoms with Gasteiger partial charge in [-0.2, -0.15) is 0 Å². The Morgan fingerprint density at radius 2 is 1.30 bits per heavy atom. The number of ether oxygens (including phenoxy) is 1. The van der Waals surface area contributed by atoms with Gasteiger partial charge in [0.1, 0.15) is 5.60 Å². The number of rotatable bonds is 2. The van der Waals surface area contributed by atoms with Gasteiger partial charge in [0.2, 0.25) is 0 Å². The maximum absolute atomic E-state index is 12.0. The predicted molar refractivity (Wildman–Crippen MR) is 143 cm³/mol. The normalized spacial score (nSPS) is 16.7. The van der Waals surface area contributed by atoms with Crippen LogP contribution in [0.4, 0.5) is 16.2 Å². The maximum Gasteiger partial charge on any atom is 0.410 e. The number of nitrogens with one attached hydrogen (secondary N) is 1. The number of amides is 1. The summed E-state index contributed by atoms with van der Waals surface area (Å²) in [6.45, 7) is 13.1. The molecule has 0 aromatic heterocycles. The topological polar surface area (TPSA) is 48.1 Å². The summed E-state index contributed by atoms with van der Waals surface area (Å²) in [6.07, 6.45) is -0.216. The van der Waals surface area contributed by atoms with E-state index in [1.165, 1.54) is 11.4 Å². The summed E-state index contributed by atoms with van der Waals surface area (Å²) in [7, 11) is 0. The number of nitrogens with zero attached hydrogens (tertiary/aromatic N) is 3. The highest BCUT2D eigenvalue weighted by atomic mass is 79.9. The SMILES string of the molecule is Brc1cccc(N2CCNCC2)c1.CC(C)(C)OC(=O)N1CCN(c2cccc(Br)c2)CC1. The Labute approximate surface area is 214 Å². The molecule has 2 heterocycles. The Morgan fingerprint density at radius 1 is 0.818 bits per heavy atom. The summed E-state index contributed by atoms with van der Waals surface area (Å²) < 4.78 is 7.63. The Hall–Kier alpha value is -1.77. The molecule has 1 N–H and O–H groups in total. The van der Waals surface area contributed by atoms with Crippen molar-refractivity contribution >= 4 is 49.3 Å². The van der Waals surface area contributed by atoms with Crippen LogP contribution in [-0.2, 0) is 4.74 Å². The lowest BCUT2D eigenvalue weighted by molar-refractivity contribution is 0.0240. The molecule has 2 aliphatic heterocycles. The molecule has 0 radical (unpaired) electrons. The molecule has 2 saturated heterocycles. The van der Waals surface area contributed by atoms with Crippen LogP contribution in [0.25, 0.3) is 0 Å². The van der Waals surface area contributed by atoms with Crippen LogP contribution in [-0.4, -0.2) is 69.0 Å². The lowest BCUT2D eigenvalue weighted by Gasteiger charge is -2.36. The van der Waals surface area contributed by atoms with Gasteiger partial charge in [-0.15, -0.1) is 0 Å². The lowest BCUT2D eigenvalue weighted by Crippen LogP contribution is -2.50. The molecule has 0 unspecified atom stereocenters. The summed E-state index contributed by atoms with van der Waals surface area (Å²) in [4.78, 5) is 18.5. The first-order valence-corrected chi connectivity index (χ1v) is 13.0. The van der Waals surface area contributed by atoms with Gasteiger partial charge in [-0.3, -0.25) is 0 Å². The third-order valence-corrected chi connectivity index (χ3v) is 6.38. The lowest BCUT2D eigenvalue weighted by atomic mass is 10.2. The highest BCUT2D eigenvalue weighted by Crippen LogP contribution is 2.22. The highest BCUT2D eigenvalue weighted by Gasteiger charge is 2.25. The van der Waals surface area contributed by atoms with Crippen LogP contribution in [0.15, 0.2) is 57.5 Å². The van der Waals surface area contributed by atoms with Gasteiger partial charge in [-0.1, -0.05) is 44.0 Å². The molecule has 2 aromatic carbocycles. The molecule has 8 heteroatoms. The number of benzene rings is 2. The van der Waals surface area contributed by atoms with Gasteiger partial charge in [0.05, 0.1) is 0 Å². The average molecular weight is 582 g/mol. The molecule has 2 aromatic rings. The van der Waals surface area contributed by atoms with E-state index in [-0.39, 0.29) is 6.09 Å². The van der Waals surface area contributed by atoms with E-state index in [0.717, 1.165) is 48.2 Å². The Balaban J connectivity index is 0.000000203. The van der Waals surface area contributed by atoms with Gasteiger partial charge in [0, 0.05) is 72.7 Å². The molecule has 2 fully saturated rings. The van der Waals surface area contributed by atoms with Gasteiger partial charge in [0.25, 0.3) is 0 Å². The van der Waals surface area contributed by atoms with Crippen LogP contribution in [0.3, 0.4) is 0 Å². The van der Waals surface area contributed by atoms with E-state index >= 15 is 0 Å². The Bertz CT molecular complexity index is 905. The first-order chi connectivity index (χ1) is 15.7. The number of carbonyl (C=O) groups excluding carboxylic acids is 1. The van der Waals surface area contributed by atoms with Gasteiger partial charge >= 0.3 is 6.09 Å². The van der Waals surface area contributed by atoms with Crippen molar-refractivity contribution in [3.8, 4) is 0 Å². The first kappa shape index (κ1) is 25.8. The summed E-state index contributed by atoms with van der Waals surface area (Å²) >= 11 is 6.97. The molecule has 0 spiro atoms. The molecular weight excluding hydrogens is 548 g/mol. The van der Waals surface area contributed by atoms with Crippen LogP contribution in [0.2, 0.25) is 0 Å². The molecule has 0 bridgehead atoms. The van der Waals surface area contributed by atoms with E-state index in [1.54, 1.807) is 4.90 Å². The number of piperazine rings is 2. The van der Waals surface area contributed by atoms with Crippen molar-refractivity contribution in [1.29, 1.82) is 0 Å². The molecule has 33 heavy (non-hydrogen) atoms. The summed E-state index contributed by atoms with van der Waals surface area (Å²) in [6, 6.07) is 16.7. The Kier molecular flexibility index (Phi) is 9.47. The number of anilines is 2. The minimum absolute atomic E-state index is 0.216. The van der Waals surface area contributed by atoms with Gasteiger partial charge in [-0.05, 0) is 57.2 Å². The van der Waals surface area contributed by atoms with Crippen LogP contribution in [0.5, 0.6) is 0 Å². The standard InChI is InChI=1S/C15H21BrN2O2.C10H13BrN2/c1-15(2,3)20-14(19)18-9-7-17(8-10-18)13-6-4-5-12(16)11-13;11-9-2-1-3-10(8-9)13-6-4-12-5-7-13/h4-6,11H,7-10H2,1-3H3;1-3,8,12H,4-7H2. The third-order valence-electron chi connectivity index (χ3n) is 5.40. The number of halogens is 2. The van der Waals surface area contributed by atoms with E-state index in [0.29, 0.717) is 13.1 Å². The van der Waals surface area contributed by atoms with E-state index in [2.05, 4.69) is 83.4 Å². The molecule has 6 nitrogen and oxygen atoms in total. The van der Waals surface area contributed by atoms with E-state index in [1.807, 2.05) is 32.9 Å². The highest BCUT2D eigenvalue weighted by molar-refractivity contribution is 9.10. The van der Waals surface area contributed by atoms with Crippen molar-refractivity contribution in [2.24, 2.45) is 0 Å². The molecule has 4 rings (SSSR count). The molecule has 180 valence electrons. The van der Waals surface area contributed by atoms with Crippen LogP contribution < -0.4 is 15.1 Å². The Morgan fingerprint density at radius 3 is 1.76 bits per heavy atom. The minimum atomic E-state index is -0.432. The fourth-order valence-corrected chi connectivity index (χ4v) is 4.52. The zero-order chi connectivity index (χ0) is 23.8. The quantitative estimate of drug-likeness (QED) is 0.517. The first-order valence-electron chi connectivity index (χ1n) is 11.4. The number of hydrogen-bond donors (Lipinski definition) is 1. The van der Waals surface area contributed by atoms with Crippen LogP contribution in [0, 0.1) is 0 Å². The largest absolute Gasteiger partial charge is 0.444 e. The molecule has 0 atom stereocenters. The summed E-state index contributed by atoms with van der Waals surface area (Å²) in [5, 5.41) is 3.35. The van der Waals surface area contributed by atoms with Gasteiger partial charge in [-0.25, -0.2) is 4.79 Å². The molecule has 0 aliphatic carbocycles. The van der Waals surface area contributed by atoms with Crippen molar-refractivity contribution in [2.45, 2.75) is 26.4 Å². The molecule has 1 amide bonds. The second-order valence-electron chi connectivity index (χ2n) is 9.15. The van der Waals surface area contributed by atoms with Crippen LogP contribution >= 0.6 is 31.9 Å². The van der Waals surface area contributed by atoms with Crippen molar-refractivity contribution in [2.75, 3.05) is 62.2 Å². The van der Waals surface area contributed by atoms with E-state index < -0.39 is 5.60 Å². The van der Waals surface area contributed by atoms with Crippen molar-refractivity contribution in [1.82, 2.24) is 10.2 Å². The second-order valence-corrected chi connectivity index (χ2v) is 11.0. The predicted octanol–water partition coefficient (Wildman–Crippen LogP) is 5.36. The average Bonchev–Trinajstić information content (AvgIpc) is 2.79. The smallest absolute Gasteiger partial charge is 0.410 e. The van der Waals surface area contributed by atoms with E-state index in [9.17, 15) is 4.79 Å². The van der Waals surface area contributed by atoms with Crippen molar-refractivity contribution in [3.05, 3.63) is 57.5 Å². The number of hydrogen-bond acceptors (Lipinski definition) is 5. The van der Waals surface area contributed by atoms with E-state index in [4.69, 9.17) is 4.74 Å². The molecular formula is C25H34Br2N4O2. The van der Waals surface area contributed by atoms with Gasteiger partial charge in [0.15, 0.2) is 0 Å². The third kappa shape index (κ3) is 8.50. The number of carbonyl (C=O) groups is 1. The molecule has 2 aliphatic rings. The molecule has 0 saturated carbocycles. The second kappa shape index (κ2) is 12.1. The summed E-state index contributed by atoms with van der Waals surface area (Å²) in [5.41, 5.74) is 2.07. The monoisotopic (exact) mass is 580 g/mol. The van der Waals surface area contributed by atoms with Crippen molar-refractivity contribution < 1.29 is 9.53 Å². The fourth-order valence-electron chi connectivity index (χ4n) is 3.74. The maximum atomic E-state index is 12.0.